The molecule has 1 aliphatic heterocycles. The van der Waals surface area contributed by atoms with Crippen LogP contribution >= 0.6 is 0 Å². The molecule has 0 radical (unpaired) electrons. The molecule has 28 heavy (non-hydrogen) atoms. The van der Waals surface area contributed by atoms with Gasteiger partial charge in [-0.25, -0.2) is 8.78 Å². The van der Waals surface area contributed by atoms with Gasteiger partial charge in [0, 0.05) is 45.8 Å². The van der Waals surface area contributed by atoms with Gasteiger partial charge in [-0.05, 0) is 41.7 Å². The lowest BCUT2D eigenvalue weighted by atomic mass is 9.87. The average Bonchev–Trinajstić information content (AvgIpc) is 3.08. The lowest BCUT2D eigenvalue weighted by Crippen LogP contribution is -2.60. The molecule has 1 amide bonds. The molecule has 1 unspecified atom stereocenters. The van der Waals surface area contributed by atoms with Gasteiger partial charge in [-0.1, -0.05) is 24.3 Å². The van der Waals surface area contributed by atoms with Crippen molar-refractivity contribution in [3.05, 3.63) is 70.8 Å². The number of fused-ring (bicyclic) bond motifs is 1. The van der Waals surface area contributed by atoms with Crippen LogP contribution in [0.3, 0.4) is 0 Å². The van der Waals surface area contributed by atoms with E-state index in [0.29, 0.717) is 5.56 Å². The molecule has 0 spiro atoms. The largest absolute Gasteiger partial charge is 0.340 e. The number of nitrogens with zero attached hydrogens (tertiary/aromatic N) is 2. The summed E-state index contributed by atoms with van der Waals surface area (Å²) in [5.74, 6) is -1.26. The highest BCUT2D eigenvalue weighted by Gasteiger charge is 2.50. The van der Waals surface area contributed by atoms with Gasteiger partial charge in [-0.2, -0.15) is 0 Å². The van der Waals surface area contributed by atoms with Gasteiger partial charge in [0.2, 0.25) is 5.91 Å². The molecule has 1 saturated heterocycles. The van der Waals surface area contributed by atoms with E-state index in [1.165, 1.54) is 17.7 Å². The molecular formula is C22H25F2N3O. The van der Waals surface area contributed by atoms with Crippen LogP contribution in [-0.2, 0) is 23.3 Å². The SMILES string of the molecule is CN(Cc1cc(F)cc(F)c1)C(=O)C1(N2CCNCC2)CCc2ccccc21. The lowest BCUT2D eigenvalue weighted by Gasteiger charge is -2.44. The van der Waals surface area contributed by atoms with Crippen molar-refractivity contribution in [1.29, 1.82) is 0 Å². The van der Waals surface area contributed by atoms with Crippen molar-refractivity contribution in [1.82, 2.24) is 15.1 Å². The molecule has 1 fully saturated rings. The van der Waals surface area contributed by atoms with Crippen LogP contribution in [0.1, 0.15) is 23.1 Å². The summed E-state index contributed by atoms with van der Waals surface area (Å²) >= 11 is 0. The minimum absolute atomic E-state index is 0.0102. The highest BCUT2D eigenvalue weighted by molar-refractivity contribution is 5.89. The van der Waals surface area contributed by atoms with Crippen LogP contribution in [0.4, 0.5) is 8.78 Å². The van der Waals surface area contributed by atoms with Gasteiger partial charge in [-0.15, -0.1) is 0 Å². The molecule has 1 atom stereocenters. The molecule has 4 nitrogen and oxygen atoms in total. The maximum atomic E-state index is 13.8. The van der Waals surface area contributed by atoms with Gasteiger partial charge >= 0.3 is 0 Å². The first kappa shape index (κ1) is 19.0. The average molecular weight is 385 g/mol. The highest BCUT2D eigenvalue weighted by Crippen LogP contribution is 2.43. The summed E-state index contributed by atoms with van der Waals surface area (Å²) in [7, 11) is 1.72. The number of amides is 1. The van der Waals surface area contributed by atoms with Gasteiger partial charge < -0.3 is 10.2 Å². The second-order valence-electron chi connectivity index (χ2n) is 7.69. The van der Waals surface area contributed by atoms with E-state index in [0.717, 1.165) is 50.7 Å². The zero-order chi connectivity index (χ0) is 19.7. The molecule has 2 aliphatic rings. The number of benzene rings is 2. The second-order valence-corrected chi connectivity index (χ2v) is 7.69. The Morgan fingerprint density at radius 2 is 1.82 bits per heavy atom. The number of rotatable bonds is 4. The van der Waals surface area contributed by atoms with E-state index in [9.17, 15) is 13.6 Å². The summed E-state index contributed by atoms with van der Waals surface area (Å²) < 4.78 is 27.2. The van der Waals surface area contributed by atoms with Crippen LogP contribution in [0.25, 0.3) is 0 Å². The number of hydrogen-bond donors (Lipinski definition) is 1. The maximum absolute atomic E-state index is 13.8. The van der Waals surface area contributed by atoms with Crippen LogP contribution in [0.2, 0.25) is 0 Å². The topological polar surface area (TPSA) is 35.6 Å². The lowest BCUT2D eigenvalue weighted by molar-refractivity contribution is -0.145. The van der Waals surface area contributed by atoms with E-state index in [1.54, 1.807) is 11.9 Å². The molecule has 1 heterocycles. The fourth-order valence-electron chi connectivity index (χ4n) is 4.69. The molecule has 0 bridgehead atoms. The van der Waals surface area contributed by atoms with Crippen LogP contribution in [-0.4, -0.2) is 48.9 Å². The fourth-order valence-corrected chi connectivity index (χ4v) is 4.69. The number of piperazine rings is 1. The first-order valence-electron chi connectivity index (χ1n) is 9.75. The van der Waals surface area contributed by atoms with Crippen LogP contribution < -0.4 is 5.32 Å². The van der Waals surface area contributed by atoms with Gasteiger partial charge in [0.1, 0.15) is 17.2 Å². The predicted octanol–water partition coefficient (Wildman–Crippen LogP) is 2.67. The first-order chi connectivity index (χ1) is 13.5. The minimum Gasteiger partial charge on any atom is -0.340 e. The number of carbonyl (C=O) groups excluding carboxylic acids is 1. The standard InChI is InChI=1S/C22H25F2N3O/c1-26(15-16-12-18(23)14-19(24)13-16)21(28)22(27-10-8-25-9-11-27)7-6-17-4-2-3-5-20(17)22/h2-5,12-14,25H,6-11,15H2,1H3. The number of likely N-dealkylation sites (N-methyl/N-ethyl adjacent to an activating group) is 1. The minimum atomic E-state index is -0.709. The van der Waals surface area contributed by atoms with Crippen molar-refractivity contribution in [2.24, 2.45) is 0 Å². The Kier molecular flexibility index (Phi) is 5.17. The van der Waals surface area contributed by atoms with E-state index >= 15 is 0 Å². The van der Waals surface area contributed by atoms with Crippen molar-refractivity contribution >= 4 is 5.91 Å². The molecule has 148 valence electrons. The molecular weight excluding hydrogens is 360 g/mol. The normalized spacial score (nSPS) is 22.1. The van der Waals surface area contributed by atoms with Crippen molar-refractivity contribution < 1.29 is 13.6 Å². The van der Waals surface area contributed by atoms with Gasteiger partial charge in [0.15, 0.2) is 0 Å². The molecule has 0 aromatic heterocycles. The number of halogens is 2. The van der Waals surface area contributed by atoms with E-state index < -0.39 is 17.2 Å². The molecule has 6 heteroatoms. The third-order valence-electron chi connectivity index (χ3n) is 5.92. The molecule has 2 aromatic rings. The third-order valence-corrected chi connectivity index (χ3v) is 5.92. The van der Waals surface area contributed by atoms with Crippen molar-refractivity contribution in [3.63, 3.8) is 0 Å². The Morgan fingerprint density at radius 1 is 1.14 bits per heavy atom. The predicted molar refractivity (Wildman–Crippen MR) is 104 cm³/mol. The summed E-state index contributed by atoms with van der Waals surface area (Å²) in [5.41, 5.74) is 2.02. The quantitative estimate of drug-likeness (QED) is 0.879. The van der Waals surface area contributed by atoms with Crippen molar-refractivity contribution in [2.45, 2.75) is 24.9 Å². The van der Waals surface area contributed by atoms with E-state index in [-0.39, 0.29) is 12.5 Å². The Balaban J connectivity index is 1.68. The zero-order valence-electron chi connectivity index (χ0n) is 16.0. The van der Waals surface area contributed by atoms with Gasteiger partial charge in [0.05, 0.1) is 0 Å². The molecule has 4 rings (SSSR count). The fraction of sp³-hybridized carbons (Fsp3) is 0.409. The summed E-state index contributed by atoms with van der Waals surface area (Å²) in [4.78, 5) is 17.7. The Hall–Kier alpha value is -2.31. The number of carbonyl (C=O) groups is 1. The summed E-state index contributed by atoms with van der Waals surface area (Å²) in [6.45, 7) is 3.45. The van der Waals surface area contributed by atoms with Crippen LogP contribution in [0.5, 0.6) is 0 Å². The van der Waals surface area contributed by atoms with E-state index in [1.807, 2.05) is 12.1 Å². The maximum Gasteiger partial charge on any atom is 0.247 e. The number of nitrogens with one attached hydrogen (secondary N) is 1. The Morgan fingerprint density at radius 3 is 2.54 bits per heavy atom. The molecule has 1 N–H and O–H groups in total. The molecule has 1 aliphatic carbocycles. The first-order valence-corrected chi connectivity index (χ1v) is 9.75. The summed E-state index contributed by atoms with van der Waals surface area (Å²) in [5, 5.41) is 3.35. The molecule has 2 aromatic carbocycles. The van der Waals surface area contributed by atoms with Crippen LogP contribution in [0.15, 0.2) is 42.5 Å². The Bertz CT molecular complexity index is 862. The van der Waals surface area contributed by atoms with Crippen molar-refractivity contribution in [2.75, 3.05) is 33.2 Å². The summed E-state index contributed by atoms with van der Waals surface area (Å²) in [6, 6.07) is 11.6. The van der Waals surface area contributed by atoms with Gasteiger partial charge in [0.25, 0.3) is 0 Å². The van der Waals surface area contributed by atoms with Crippen molar-refractivity contribution in [3.8, 4) is 0 Å². The van der Waals surface area contributed by atoms with E-state index in [2.05, 4.69) is 22.3 Å². The Labute approximate surface area is 164 Å². The smallest absolute Gasteiger partial charge is 0.247 e. The van der Waals surface area contributed by atoms with Gasteiger partial charge in [-0.3, -0.25) is 9.69 Å². The molecule has 0 saturated carbocycles. The number of hydrogen-bond acceptors (Lipinski definition) is 3. The zero-order valence-corrected chi connectivity index (χ0v) is 16.0. The second kappa shape index (κ2) is 7.60. The van der Waals surface area contributed by atoms with E-state index in [4.69, 9.17) is 0 Å². The number of aryl methyl sites for hydroxylation is 1. The summed E-state index contributed by atoms with van der Waals surface area (Å²) in [6.07, 6.45) is 1.58. The monoisotopic (exact) mass is 385 g/mol. The van der Waals surface area contributed by atoms with Crippen LogP contribution in [0, 0.1) is 11.6 Å². The highest BCUT2D eigenvalue weighted by atomic mass is 19.1. The third kappa shape index (κ3) is 3.31.